The SMILES string of the molecule is [2H]C([2H])([2H])N1CCC1. The Bertz CT molecular complexity index is 83.8. The first-order chi connectivity index (χ1) is 3.61. The Hall–Kier alpha value is -0.0400. The van der Waals surface area contributed by atoms with E-state index in [0.29, 0.717) is 0 Å². The van der Waals surface area contributed by atoms with Crippen LogP contribution < -0.4 is 0 Å². The lowest BCUT2D eigenvalue weighted by Crippen LogP contribution is -2.32. The van der Waals surface area contributed by atoms with Crippen LogP contribution in [0.2, 0.25) is 0 Å². The molecule has 1 aliphatic rings. The Morgan fingerprint density at radius 2 is 2.60 bits per heavy atom. The first-order valence-electron chi connectivity index (χ1n) is 3.36. The average molecular weight is 74.1 g/mol. The highest BCUT2D eigenvalue weighted by Crippen LogP contribution is 1.98. The van der Waals surface area contributed by atoms with Crippen LogP contribution in [0.1, 0.15) is 10.5 Å². The van der Waals surface area contributed by atoms with Gasteiger partial charge in [-0.1, -0.05) is 0 Å². The van der Waals surface area contributed by atoms with Crippen molar-refractivity contribution in [2.24, 2.45) is 0 Å². The molecule has 0 unspecified atom stereocenters. The highest BCUT2D eigenvalue weighted by molar-refractivity contribution is 4.61. The predicted octanol–water partition coefficient (Wildman–Crippen LogP) is 0.322. The normalized spacial score (nSPS) is 37.2. The van der Waals surface area contributed by atoms with E-state index in [9.17, 15) is 0 Å². The topological polar surface area (TPSA) is 3.24 Å². The van der Waals surface area contributed by atoms with Crippen LogP contribution in [0.25, 0.3) is 0 Å². The first-order valence-corrected chi connectivity index (χ1v) is 1.86. The lowest BCUT2D eigenvalue weighted by atomic mass is 10.3. The minimum atomic E-state index is -1.82. The predicted molar refractivity (Wildman–Crippen MR) is 22.1 cm³/mol. The molecule has 1 aliphatic heterocycles. The summed E-state index contributed by atoms with van der Waals surface area (Å²) in [5, 5.41) is 0. The molecule has 0 amide bonds. The number of nitrogens with zero attached hydrogens (tertiary/aromatic N) is 1. The van der Waals surface area contributed by atoms with E-state index in [4.69, 9.17) is 4.11 Å². The van der Waals surface area contributed by atoms with Crippen LogP contribution in [0, 0.1) is 0 Å². The molecule has 0 saturated carbocycles. The second-order valence-electron chi connectivity index (χ2n) is 1.34. The summed E-state index contributed by atoms with van der Waals surface area (Å²) in [5.74, 6) is 0. The van der Waals surface area contributed by atoms with Crippen LogP contribution in [0.15, 0.2) is 0 Å². The lowest BCUT2D eigenvalue weighted by Gasteiger charge is -2.24. The van der Waals surface area contributed by atoms with Crippen LogP contribution in [-0.4, -0.2) is 25.0 Å². The fourth-order valence-electron chi connectivity index (χ4n) is 0.316. The zero-order valence-electron chi connectivity index (χ0n) is 6.07. The van der Waals surface area contributed by atoms with Gasteiger partial charge in [0.2, 0.25) is 0 Å². The second kappa shape index (κ2) is 0.977. The third kappa shape index (κ3) is 0.428. The zero-order chi connectivity index (χ0) is 6.20. The molecule has 0 aromatic heterocycles. The number of rotatable bonds is 0. The molecular formula is C4H9N. The van der Waals surface area contributed by atoms with Crippen molar-refractivity contribution in [1.29, 1.82) is 0 Å². The highest BCUT2D eigenvalue weighted by atomic mass is 15.1. The van der Waals surface area contributed by atoms with Crippen LogP contribution in [0.4, 0.5) is 0 Å². The van der Waals surface area contributed by atoms with Gasteiger partial charge in [0.1, 0.15) is 0 Å². The summed E-state index contributed by atoms with van der Waals surface area (Å²) in [6.07, 6.45) is 1.04. The van der Waals surface area contributed by atoms with Gasteiger partial charge in [-0.25, -0.2) is 0 Å². The molecule has 0 radical (unpaired) electrons. The monoisotopic (exact) mass is 74.1 g/mol. The van der Waals surface area contributed by atoms with E-state index in [0.717, 1.165) is 19.5 Å². The maximum Gasteiger partial charge on any atom is 0.0394 e. The van der Waals surface area contributed by atoms with Crippen molar-refractivity contribution in [3.8, 4) is 0 Å². The van der Waals surface area contributed by atoms with Crippen molar-refractivity contribution in [2.45, 2.75) is 6.42 Å². The molecule has 0 spiro atoms. The fraction of sp³-hybridized carbons (Fsp3) is 1.00. The molecule has 1 rings (SSSR count). The van der Waals surface area contributed by atoms with E-state index < -0.39 is 6.98 Å². The zero-order valence-corrected chi connectivity index (χ0v) is 3.07. The molecule has 30 valence electrons. The van der Waals surface area contributed by atoms with E-state index in [1.807, 2.05) is 0 Å². The van der Waals surface area contributed by atoms with Gasteiger partial charge in [0.05, 0.1) is 0 Å². The second-order valence-corrected chi connectivity index (χ2v) is 1.34. The number of likely N-dealkylation sites (tertiary alicyclic amines) is 1. The van der Waals surface area contributed by atoms with Crippen molar-refractivity contribution in [1.82, 2.24) is 4.90 Å². The van der Waals surface area contributed by atoms with Crippen molar-refractivity contribution < 1.29 is 4.11 Å². The van der Waals surface area contributed by atoms with Gasteiger partial charge in [0, 0.05) is 4.11 Å². The molecule has 0 aromatic carbocycles. The standard InChI is InChI=1S/C4H9N/c1-5-3-2-4-5/h2-4H2,1H3/i1D3. The summed E-state index contributed by atoms with van der Waals surface area (Å²) < 4.78 is 20.5. The third-order valence-corrected chi connectivity index (χ3v) is 0.856. The van der Waals surface area contributed by atoms with Gasteiger partial charge in [-0.2, -0.15) is 0 Å². The summed E-state index contributed by atoms with van der Waals surface area (Å²) in [6, 6.07) is 0. The minimum absolute atomic E-state index is 0.747. The fourth-order valence-corrected chi connectivity index (χ4v) is 0.316. The molecule has 0 N–H and O–H groups in total. The van der Waals surface area contributed by atoms with Gasteiger partial charge >= 0.3 is 0 Å². The maximum absolute atomic E-state index is 6.85. The Labute approximate surface area is 36.8 Å². The molecule has 1 nitrogen and oxygen atoms in total. The van der Waals surface area contributed by atoms with Gasteiger partial charge < -0.3 is 4.90 Å². The first kappa shape index (κ1) is 1.23. The Morgan fingerprint density at radius 1 is 1.80 bits per heavy atom. The minimum Gasteiger partial charge on any atom is -0.306 e. The van der Waals surface area contributed by atoms with E-state index >= 15 is 0 Å². The quantitative estimate of drug-likeness (QED) is 0.400. The molecule has 0 aliphatic carbocycles. The van der Waals surface area contributed by atoms with E-state index in [-0.39, 0.29) is 0 Å². The third-order valence-electron chi connectivity index (χ3n) is 0.856. The van der Waals surface area contributed by atoms with E-state index in [1.165, 1.54) is 4.90 Å². The maximum atomic E-state index is 6.85. The van der Waals surface area contributed by atoms with Gasteiger partial charge in [0.25, 0.3) is 0 Å². The molecule has 1 heterocycles. The Morgan fingerprint density at radius 3 is 2.60 bits per heavy atom. The largest absolute Gasteiger partial charge is 0.306 e. The summed E-state index contributed by atoms with van der Waals surface area (Å²) in [5.41, 5.74) is 0. The Balaban J connectivity index is 2.34. The van der Waals surface area contributed by atoms with Crippen LogP contribution in [-0.2, 0) is 0 Å². The summed E-state index contributed by atoms with van der Waals surface area (Å²) in [4.78, 5) is 1.49. The molecular weight excluding hydrogens is 62.1 g/mol. The number of hydrogen-bond donors (Lipinski definition) is 0. The van der Waals surface area contributed by atoms with Gasteiger partial charge in [-0.05, 0) is 26.5 Å². The number of hydrogen-bond acceptors (Lipinski definition) is 1. The molecule has 1 fully saturated rings. The molecule has 1 heteroatoms. The van der Waals surface area contributed by atoms with Crippen LogP contribution >= 0.6 is 0 Å². The molecule has 0 bridgehead atoms. The van der Waals surface area contributed by atoms with Crippen molar-refractivity contribution in [2.75, 3.05) is 20.1 Å². The van der Waals surface area contributed by atoms with Crippen molar-refractivity contribution >= 4 is 0 Å². The highest BCUT2D eigenvalue weighted by Gasteiger charge is 2.04. The van der Waals surface area contributed by atoms with Crippen molar-refractivity contribution in [3.05, 3.63) is 0 Å². The van der Waals surface area contributed by atoms with E-state index in [1.54, 1.807) is 0 Å². The summed E-state index contributed by atoms with van der Waals surface area (Å²) in [6.45, 7) is -0.328. The van der Waals surface area contributed by atoms with Gasteiger partial charge in [-0.15, -0.1) is 0 Å². The summed E-state index contributed by atoms with van der Waals surface area (Å²) in [7, 11) is 0. The molecule has 1 saturated heterocycles. The Kier molecular flexibility index (Phi) is 0.240. The van der Waals surface area contributed by atoms with Crippen LogP contribution in [0.5, 0.6) is 0 Å². The van der Waals surface area contributed by atoms with Crippen molar-refractivity contribution in [3.63, 3.8) is 0 Å². The van der Waals surface area contributed by atoms with E-state index in [2.05, 4.69) is 0 Å². The summed E-state index contributed by atoms with van der Waals surface area (Å²) >= 11 is 0. The average Bonchev–Trinajstić information content (AvgIpc) is 1.16. The molecule has 5 heavy (non-hydrogen) atoms. The molecule has 0 aromatic rings. The van der Waals surface area contributed by atoms with Crippen LogP contribution in [0.3, 0.4) is 0 Å². The smallest absolute Gasteiger partial charge is 0.0394 e. The van der Waals surface area contributed by atoms with Gasteiger partial charge in [-0.3, -0.25) is 0 Å². The van der Waals surface area contributed by atoms with Gasteiger partial charge in [0.15, 0.2) is 0 Å². The lowest BCUT2D eigenvalue weighted by molar-refractivity contribution is 0.229. The molecule has 0 atom stereocenters.